The molecule has 0 spiro atoms. The molecule has 0 bridgehead atoms. The minimum atomic E-state index is -0.384. The maximum Gasteiger partial charge on any atom is 0.256 e. The molecular weight excluding hydrogens is 303 g/mol. The number of carbonyl (C=O) groups excluding carboxylic acids is 1. The van der Waals surface area contributed by atoms with E-state index in [1.165, 1.54) is 12.1 Å². The van der Waals surface area contributed by atoms with Gasteiger partial charge in [0.1, 0.15) is 5.82 Å². The molecule has 3 rings (SSSR count). The summed E-state index contributed by atoms with van der Waals surface area (Å²) in [4.78, 5) is 17.2. The molecule has 1 heterocycles. The van der Waals surface area contributed by atoms with Crippen LogP contribution in [0, 0.1) is 12.7 Å². The quantitative estimate of drug-likeness (QED) is 0.732. The van der Waals surface area contributed by atoms with Crippen LogP contribution in [0.5, 0.6) is 0 Å². The van der Waals surface area contributed by atoms with E-state index in [-0.39, 0.29) is 17.6 Å². The zero-order chi connectivity index (χ0) is 17.3. The third kappa shape index (κ3) is 3.13. The Kier molecular flexibility index (Phi) is 4.30. The van der Waals surface area contributed by atoms with Gasteiger partial charge in [-0.25, -0.2) is 4.39 Å². The second-order valence-corrected chi connectivity index (χ2v) is 6.17. The number of carbonyl (C=O) groups is 1. The second-order valence-electron chi connectivity index (χ2n) is 6.17. The fraction of sp³-hybridized carbons (Fsp3) is 0.200. The summed E-state index contributed by atoms with van der Waals surface area (Å²) in [5.74, 6) is -0.358. The number of aryl methyl sites for hydroxylation is 1. The Labute approximate surface area is 140 Å². The van der Waals surface area contributed by atoms with Crippen LogP contribution in [-0.2, 0) is 0 Å². The predicted octanol–water partition coefficient (Wildman–Crippen LogP) is 5.06. The van der Waals surface area contributed by atoms with Crippen molar-refractivity contribution < 1.29 is 9.18 Å². The van der Waals surface area contributed by atoms with Crippen molar-refractivity contribution in [1.82, 2.24) is 4.98 Å². The highest BCUT2D eigenvalue weighted by atomic mass is 19.1. The molecule has 24 heavy (non-hydrogen) atoms. The van der Waals surface area contributed by atoms with Crippen LogP contribution < -0.4 is 5.32 Å². The average Bonchev–Trinajstić information content (AvgIpc) is 2.54. The fourth-order valence-electron chi connectivity index (χ4n) is 2.82. The van der Waals surface area contributed by atoms with Crippen molar-refractivity contribution in [2.45, 2.75) is 26.7 Å². The van der Waals surface area contributed by atoms with Gasteiger partial charge in [-0.15, -0.1) is 0 Å². The van der Waals surface area contributed by atoms with Crippen LogP contribution in [0.3, 0.4) is 0 Å². The zero-order valence-corrected chi connectivity index (χ0v) is 13.9. The van der Waals surface area contributed by atoms with Gasteiger partial charge in [-0.05, 0) is 48.7 Å². The Morgan fingerprint density at radius 1 is 1.12 bits per heavy atom. The molecule has 4 heteroatoms. The molecule has 0 aliphatic carbocycles. The van der Waals surface area contributed by atoms with E-state index in [4.69, 9.17) is 0 Å². The minimum absolute atomic E-state index is 0.260. The molecule has 0 aliphatic heterocycles. The molecule has 1 N–H and O–H groups in total. The Balaban J connectivity index is 2.05. The smallest absolute Gasteiger partial charge is 0.256 e. The SMILES string of the molecule is Cc1cc(C(=O)Nc2ccccc2C(C)C)c2cc(F)ccc2n1. The number of nitrogens with one attached hydrogen (secondary N) is 1. The van der Waals surface area contributed by atoms with Gasteiger partial charge in [-0.1, -0.05) is 32.0 Å². The first-order chi connectivity index (χ1) is 11.5. The number of halogens is 1. The van der Waals surface area contributed by atoms with Gasteiger partial charge in [0, 0.05) is 16.8 Å². The minimum Gasteiger partial charge on any atom is -0.322 e. The Morgan fingerprint density at radius 2 is 1.88 bits per heavy atom. The topological polar surface area (TPSA) is 42.0 Å². The second kappa shape index (κ2) is 6.40. The number of aromatic nitrogens is 1. The van der Waals surface area contributed by atoms with Crippen LogP contribution in [0.25, 0.3) is 10.9 Å². The third-order valence-corrected chi connectivity index (χ3v) is 3.97. The van der Waals surface area contributed by atoms with Crippen molar-refractivity contribution in [1.29, 1.82) is 0 Å². The highest BCUT2D eigenvalue weighted by Gasteiger charge is 2.15. The number of amides is 1. The lowest BCUT2D eigenvalue weighted by molar-refractivity contribution is 0.102. The Morgan fingerprint density at radius 3 is 2.62 bits per heavy atom. The molecule has 0 saturated heterocycles. The highest BCUT2D eigenvalue weighted by molar-refractivity contribution is 6.12. The number of rotatable bonds is 3. The number of fused-ring (bicyclic) bond motifs is 1. The van der Waals surface area contributed by atoms with E-state index in [0.29, 0.717) is 16.5 Å². The van der Waals surface area contributed by atoms with Crippen LogP contribution in [0.2, 0.25) is 0 Å². The van der Waals surface area contributed by atoms with E-state index in [1.54, 1.807) is 12.1 Å². The lowest BCUT2D eigenvalue weighted by Crippen LogP contribution is -2.15. The number of hydrogen-bond donors (Lipinski definition) is 1. The molecule has 1 amide bonds. The summed E-state index contributed by atoms with van der Waals surface area (Å²) >= 11 is 0. The number of nitrogens with zero attached hydrogens (tertiary/aromatic N) is 1. The molecule has 1 aromatic heterocycles. The molecule has 2 aromatic carbocycles. The lowest BCUT2D eigenvalue weighted by Gasteiger charge is -2.14. The Hall–Kier alpha value is -2.75. The van der Waals surface area contributed by atoms with E-state index in [0.717, 1.165) is 16.9 Å². The van der Waals surface area contributed by atoms with Crippen LogP contribution in [-0.4, -0.2) is 10.9 Å². The Bertz CT molecular complexity index is 919. The molecule has 0 aliphatic rings. The largest absolute Gasteiger partial charge is 0.322 e. The summed E-state index contributed by atoms with van der Waals surface area (Å²) in [5, 5.41) is 3.47. The molecule has 3 aromatic rings. The first-order valence-electron chi connectivity index (χ1n) is 7.93. The number of para-hydroxylation sites is 1. The lowest BCUT2D eigenvalue weighted by atomic mass is 10.0. The van der Waals surface area contributed by atoms with Crippen LogP contribution >= 0.6 is 0 Å². The monoisotopic (exact) mass is 322 g/mol. The average molecular weight is 322 g/mol. The molecule has 122 valence electrons. The first-order valence-corrected chi connectivity index (χ1v) is 7.93. The molecule has 0 saturated carbocycles. The van der Waals surface area contributed by atoms with E-state index >= 15 is 0 Å². The molecule has 0 fully saturated rings. The van der Waals surface area contributed by atoms with Gasteiger partial charge in [0.15, 0.2) is 0 Å². The summed E-state index contributed by atoms with van der Waals surface area (Å²) in [7, 11) is 0. The zero-order valence-electron chi connectivity index (χ0n) is 13.9. The summed E-state index contributed by atoms with van der Waals surface area (Å²) in [6.07, 6.45) is 0. The molecular formula is C20H19FN2O. The number of anilines is 1. The van der Waals surface area contributed by atoms with E-state index in [2.05, 4.69) is 24.1 Å². The maximum absolute atomic E-state index is 13.6. The molecule has 3 nitrogen and oxygen atoms in total. The van der Waals surface area contributed by atoms with Crippen molar-refractivity contribution in [3.63, 3.8) is 0 Å². The summed E-state index contributed by atoms with van der Waals surface area (Å²) in [6.45, 7) is 5.97. The summed E-state index contributed by atoms with van der Waals surface area (Å²) in [6, 6.07) is 13.7. The predicted molar refractivity (Wildman–Crippen MR) is 94.9 cm³/mol. The fourth-order valence-corrected chi connectivity index (χ4v) is 2.82. The van der Waals surface area contributed by atoms with Crippen molar-refractivity contribution >= 4 is 22.5 Å². The van der Waals surface area contributed by atoms with Gasteiger partial charge in [0.2, 0.25) is 0 Å². The van der Waals surface area contributed by atoms with Gasteiger partial charge in [-0.2, -0.15) is 0 Å². The van der Waals surface area contributed by atoms with Gasteiger partial charge >= 0.3 is 0 Å². The van der Waals surface area contributed by atoms with Gasteiger partial charge < -0.3 is 5.32 Å². The third-order valence-electron chi connectivity index (χ3n) is 3.97. The van der Waals surface area contributed by atoms with Crippen LogP contribution in [0.15, 0.2) is 48.5 Å². The van der Waals surface area contributed by atoms with Crippen molar-refractivity contribution in [3.8, 4) is 0 Å². The number of hydrogen-bond acceptors (Lipinski definition) is 2. The highest BCUT2D eigenvalue weighted by Crippen LogP contribution is 2.26. The first kappa shape index (κ1) is 16.1. The van der Waals surface area contributed by atoms with Crippen LogP contribution in [0.4, 0.5) is 10.1 Å². The van der Waals surface area contributed by atoms with Gasteiger partial charge in [-0.3, -0.25) is 9.78 Å². The normalized spacial score (nSPS) is 11.0. The van der Waals surface area contributed by atoms with E-state index < -0.39 is 0 Å². The number of pyridine rings is 1. The van der Waals surface area contributed by atoms with Gasteiger partial charge in [0.05, 0.1) is 11.1 Å². The number of benzene rings is 2. The standard InChI is InChI=1S/C20H19FN2O/c1-12(2)15-6-4-5-7-18(15)23-20(24)17-10-13(3)22-19-9-8-14(21)11-16(17)19/h4-12H,1-3H3,(H,23,24). The van der Waals surface area contributed by atoms with Gasteiger partial charge in [0.25, 0.3) is 5.91 Å². The van der Waals surface area contributed by atoms with Crippen molar-refractivity contribution in [2.24, 2.45) is 0 Å². The molecule has 0 atom stereocenters. The van der Waals surface area contributed by atoms with E-state index in [9.17, 15) is 9.18 Å². The molecule has 0 unspecified atom stereocenters. The van der Waals surface area contributed by atoms with Crippen molar-refractivity contribution in [2.75, 3.05) is 5.32 Å². The summed E-state index contributed by atoms with van der Waals surface area (Å²) < 4.78 is 13.6. The van der Waals surface area contributed by atoms with Crippen LogP contribution in [0.1, 0.15) is 41.4 Å². The van der Waals surface area contributed by atoms with Crippen molar-refractivity contribution in [3.05, 3.63) is 71.2 Å². The maximum atomic E-state index is 13.6. The summed E-state index contributed by atoms with van der Waals surface area (Å²) in [5.41, 5.74) is 3.59. The van der Waals surface area contributed by atoms with E-state index in [1.807, 2.05) is 31.2 Å². The molecule has 0 radical (unpaired) electrons.